The van der Waals surface area contributed by atoms with Gasteiger partial charge in [0, 0.05) is 38.9 Å². The summed E-state index contributed by atoms with van der Waals surface area (Å²) in [5.74, 6) is 0.545. The van der Waals surface area contributed by atoms with Gasteiger partial charge in [0.15, 0.2) is 0 Å². The number of amides is 1. The first-order chi connectivity index (χ1) is 10.1. The highest BCUT2D eigenvalue weighted by Crippen LogP contribution is 2.26. The second kappa shape index (κ2) is 9.20. The lowest BCUT2D eigenvalue weighted by atomic mass is 10.2. The van der Waals surface area contributed by atoms with Crippen molar-refractivity contribution >= 4 is 17.3 Å². The molecule has 1 aromatic carbocycles. The van der Waals surface area contributed by atoms with E-state index in [9.17, 15) is 4.79 Å². The molecule has 0 bridgehead atoms. The van der Waals surface area contributed by atoms with E-state index in [1.807, 2.05) is 7.05 Å². The van der Waals surface area contributed by atoms with Gasteiger partial charge in [-0.1, -0.05) is 0 Å². The van der Waals surface area contributed by atoms with Crippen molar-refractivity contribution in [2.45, 2.75) is 12.8 Å². The number of anilines is 2. The number of benzene rings is 1. The summed E-state index contributed by atoms with van der Waals surface area (Å²) >= 11 is 0. The number of nitrogens with two attached hydrogens (primary N) is 1. The Kier molecular flexibility index (Phi) is 7.56. The van der Waals surface area contributed by atoms with E-state index in [0.717, 1.165) is 19.6 Å². The Morgan fingerprint density at radius 1 is 1.33 bits per heavy atom. The third kappa shape index (κ3) is 6.46. The van der Waals surface area contributed by atoms with Crippen molar-refractivity contribution in [1.82, 2.24) is 4.90 Å². The average Bonchev–Trinajstić information content (AvgIpc) is 2.46. The summed E-state index contributed by atoms with van der Waals surface area (Å²) in [6.45, 7) is 2.33. The van der Waals surface area contributed by atoms with E-state index in [4.69, 9.17) is 15.2 Å². The summed E-state index contributed by atoms with van der Waals surface area (Å²) in [5.41, 5.74) is 6.91. The zero-order valence-electron chi connectivity index (χ0n) is 13.0. The van der Waals surface area contributed by atoms with Crippen LogP contribution in [0.4, 0.5) is 11.4 Å². The van der Waals surface area contributed by atoms with Crippen molar-refractivity contribution in [2.75, 3.05) is 52.0 Å². The van der Waals surface area contributed by atoms with Crippen LogP contribution in [-0.4, -0.2) is 51.8 Å². The van der Waals surface area contributed by atoms with Gasteiger partial charge in [-0.05, 0) is 31.7 Å². The Hall–Kier alpha value is -1.79. The van der Waals surface area contributed by atoms with Gasteiger partial charge in [-0.3, -0.25) is 4.79 Å². The molecule has 21 heavy (non-hydrogen) atoms. The fraction of sp³-hybridized carbons (Fsp3) is 0.533. The quantitative estimate of drug-likeness (QED) is 0.534. The molecule has 6 heteroatoms. The Balaban J connectivity index is 2.41. The predicted octanol–water partition coefficient (Wildman–Crippen LogP) is 1.57. The third-order valence-corrected chi connectivity index (χ3v) is 3.11. The van der Waals surface area contributed by atoms with Crippen LogP contribution in [0.3, 0.4) is 0 Å². The van der Waals surface area contributed by atoms with Gasteiger partial charge >= 0.3 is 0 Å². The number of hydrogen-bond acceptors (Lipinski definition) is 5. The molecule has 6 nitrogen and oxygen atoms in total. The van der Waals surface area contributed by atoms with Crippen LogP contribution in [0.2, 0.25) is 0 Å². The monoisotopic (exact) mass is 295 g/mol. The molecule has 0 saturated carbocycles. The van der Waals surface area contributed by atoms with Crippen molar-refractivity contribution < 1.29 is 14.3 Å². The van der Waals surface area contributed by atoms with Gasteiger partial charge in [0.05, 0.1) is 12.8 Å². The number of methoxy groups -OCH3 is 2. The smallest absolute Gasteiger partial charge is 0.225 e. The molecule has 1 aromatic rings. The minimum atomic E-state index is -0.0579. The predicted molar refractivity (Wildman–Crippen MR) is 84.6 cm³/mol. The number of rotatable bonds is 9. The highest BCUT2D eigenvalue weighted by molar-refractivity contribution is 5.93. The lowest BCUT2D eigenvalue weighted by Gasteiger charge is -2.16. The highest BCUT2D eigenvalue weighted by atomic mass is 16.5. The second-order valence-electron chi connectivity index (χ2n) is 4.91. The zero-order chi connectivity index (χ0) is 15.7. The standard InChI is InChI=1S/C15H25N3O3/c1-18(8-4-10-20-2)9-7-15(19)17-13-11-12(16)5-6-14(13)21-3/h5-6,11H,4,7-10,16H2,1-3H3,(H,17,19). The topological polar surface area (TPSA) is 76.8 Å². The van der Waals surface area contributed by atoms with Crippen LogP contribution in [0.1, 0.15) is 12.8 Å². The van der Waals surface area contributed by atoms with Crippen LogP contribution in [0, 0.1) is 0 Å². The summed E-state index contributed by atoms with van der Waals surface area (Å²) < 4.78 is 10.2. The molecule has 0 radical (unpaired) electrons. The molecular weight excluding hydrogens is 270 g/mol. The number of nitrogen functional groups attached to an aromatic ring is 1. The molecule has 0 atom stereocenters. The summed E-state index contributed by atoms with van der Waals surface area (Å²) in [4.78, 5) is 14.1. The SMILES string of the molecule is COCCCN(C)CCC(=O)Nc1cc(N)ccc1OC. The van der Waals surface area contributed by atoms with Crippen LogP contribution in [0.25, 0.3) is 0 Å². The number of hydrogen-bond donors (Lipinski definition) is 2. The highest BCUT2D eigenvalue weighted by Gasteiger charge is 2.09. The lowest BCUT2D eigenvalue weighted by molar-refractivity contribution is -0.116. The van der Waals surface area contributed by atoms with Gasteiger partial charge in [0.25, 0.3) is 0 Å². The van der Waals surface area contributed by atoms with Crippen LogP contribution in [-0.2, 0) is 9.53 Å². The molecule has 0 aliphatic heterocycles. The van der Waals surface area contributed by atoms with Gasteiger partial charge in [-0.15, -0.1) is 0 Å². The van der Waals surface area contributed by atoms with E-state index in [2.05, 4.69) is 10.2 Å². The molecule has 0 unspecified atom stereocenters. The Morgan fingerprint density at radius 3 is 2.76 bits per heavy atom. The van der Waals surface area contributed by atoms with Crippen LogP contribution >= 0.6 is 0 Å². The first kappa shape index (κ1) is 17.3. The van der Waals surface area contributed by atoms with Gasteiger partial charge in [-0.25, -0.2) is 0 Å². The number of carbonyl (C=O) groups excluding carboxylic acids is 1. The Labute approximate surface area is 126 Å². The third-order valence-electron chi connectivity index (χ3n) is 3.11. The summed E-state index contributed by atoms with van der Waals surface area (Å²) in [5, 5.41) is 2.83. The maximum atomic E-state index is 12.0. The average molecular weight is 295 g/mol. The van der Waals surface area contributed by atoms with Crippen LogP contribution in [0.15, 0.2) is 18.2 Å². The van der Waals surface area contributed by atoms with Gasteiger partial charge in [0.1, 0.15) is 5.75 Å². The maximum absolute atomic E-state index is 12.0. The van der Waals surface area contributed by atoms with Crippen molar-refractivity contribution in [3.8, 4) is 5.75 Å². The molecule has 0 saturated heterocycles. The fourth-order valence-electron chi connectivity index (χ4n) is 1.92. The second-order valence-corrected chi connectivity index (χ2v) is 4.91. The maximum Gasteiger partial charge on any atom is 0.225 e. The minimum absolute atomic E-state index is 0.0579. The molecule has 1 rings (SSSR count). The van der Waals surface area contributed by atoms with Gasteiger partial charge in [-0.2, -0.15) is 0 Å². The van der Waals surface area contributed by atoms with E-state index in [1.54, 1.807) is 32.4 Å². The zero-order valence-corrected chi connectivity index (χ0v) is 13.0. The summed E-state index contributed by atoms with van der Waals surface area (Å²) in [6.07, 6.45) is 1.37. The normalized spacial score (nSPS) is 10.7. The summed E-state index contributed by atoms with van der Waals surface area (Å²) in [6, 6.07) is 5.17. The number of ether oxygens (including phenoxy) is 2. The van der Waals surface area contributed by atoms with E-state index in [1.165, 1.54) is 0 Å². The number of nitrogens with one attached hydrogen (secondary N) is 1. The van der Waals surface area contributed by atoms with E-state index >= 15 is 0 Å². The van der Waals surface area contributed by atoms with Gasteiger partial charge in [0.2, 0.25) is 5.91 Å². The molecule has 0 aliphatic carbocycles. The van der Waals surface area contributed by atoms with Crippen LogP contribution in [0.5, 0.6) is 5.75 Å². The van der Waals surface area contributed by atoms with E-state index in [-0.39, 0.29) is 5.91 Å². The Bertz CT molecular complexity index is 452. The minimum Gasteiger partial charge on any atom is -0.495 e. The van der Waals surface area contributed by atoms with E-state index in [0.29, 0.717) is 30.1 Å². The molecule has 1 amide bonds. The number of nitrogens with zero attached hydrogens (tertiary/aromatic N) is 1. The largest absolute Gasteiger partial charge is 0.495 e. The molecule has 0 heterocycles. The van der Waals surface area contributed by atoms with Crippen molar-refractivity contribution in [3.05, 3.63) is 18.2 Å². The van der Waals surface area contributed by atoms with E-state index < -0.39 is 0 Å². The van der Waals surface area contributed by atoms with Gasteiger partial charge < -0.3 is 25.4 Å². The number of carbonyl (C=O) groups is 1. The molecule has 118 valence electrons. The molecule has 0 fully saturated rings. The molecule has 0 aliphatic rings. The molecule has 0 spiro atoms. The van der Waals surface area contributed by atoms with Crippen molar-refractivity contribution in [1.29, 1.82) is 0 Å². The lowest BCUT2D eigenvalue weighted by Crippen LogP contribution is -2.26. The van der Waals surface area contributed by atoms with Crippen molar-refractivity contribution in [3.63, 3.8) is 0 Å². The first-order valence-corrected chi connectivity index (χ1v) is 6.97. The first-order valence-electron chi connectivity index (χ1n) is 6.97. The summed E-state index contributed by atoms with van der Waals surface area (Å²) in [7, 11) is 5.24. The van der Waals surface area contributed by atoms with Crippen LogP contribution < -0.4 is 15.8 Å². The van der Waals surface area contributed by atoms with Crippen molar-refractivity contribution in [2.24, 2.45) is 0 Å². The molecule has 3 N–H and O–H groups in total. The molecule has 0 aromatic heterocycles. The Morgan fingerprint density at radius 2 is 2.10 bits per heavy atom. The fourth-order valence-corrected chi connectivity index (χ4v) is 1.92. The molecular formula is C15H25N3O3.